The molecule has 0 N–H and O–H groups in total. The van der Waals surface area contributed by atoms with Crippen LogP contribution in [-0.2, 0) is 22.6 Å². The highest BCUT2D eigenvalue weighted by Gasteiger charge is 2.43. The number of rotatable bonds is 8. The summed E-state index contributed by atoms with van der Waals surface area (Å²) in [7, 11) is 5.35. The number of hydrogen-bond acceptors (Lipinski definition) is 4. The molecule has 0 radical (unpaired) electrons. The van der Waals surface area contributed by atoms with Gasteiger partial charge >= 0.3 is 0 Å². The first-order valence-corrected chi connectivity index (χ1v) is 8.46. The van der Waals surface area contributed by atoms with Crippen LogP contribution < -0.4 is 0 Å². The molecule has 1 aromatic rings. The fourth-order valence-electron chi connectivity index (χ4n) is 3.47. The summed E-state index contributed by atoms with van der Waals surface area (Å²) in [5, 5.41) is 0. The van der Waals surface area contributed by atoms with Gasteiger partial charge < -0.3 is 14.2 Å². The van der Waals surface area contributed by atoms with Crippen molar-refractivity contribution in [3.63, 3.8) is 0 Å². The van der Waals surface area contributed by atoms with E-state index in [1.54, 1.807) is 12.0 Å². The molecule has 0 spiro atoms. The highest BCUT2D eigenvalue weighted by Crippen LogP contribution is 2.34. The Morgan fingerprint density at radius 1 is 1.48 bits per heavy atom. The molecule has 1 aromatic heterocycles. The monoisotopic (exact) mass is 322 g/mol. The number of carbonyl (C=O) groups is 1. The molecule has 1 aliphatic rings. The zero-order chi connectivity index (χ0) is 16.9. The van der Waals surface area contributed by atoms with Crippen LogP contribution in [0.25, 0.3) is 0 Å². The summed E-state index contributed by atoms with van der Waals surface area (Å²) in [4.78, 5) is 20.9. The number of ether oxygens (including phenoxy) is 1. The van der Waals surface area contributed by atoms with Crippen LogP contribution in [0.3, 0.4) is 0 Å². The first-order valence-electron chi connectivity index (χ1n) is 8.46. The maximum absolute atomic E-state index is 12.3. The van der Waals surface area contributed by atoms with Crippen molar-refractivity contribution < 1.29 is 9.53 Å². The molecule has 0 aliphatic carbocycles. The molecule has 1 fully saturated rings. The SMILES string of the molecule is CCCn1ccnc1CN1CCC[C@]1(COC)CC(=O)N(C)C. The quantitative estimate of drug-likeness (QED) is 0.732. The summed E-state index contributed by atoms with van der Waals surface area (Å²) < 4.78 is 7.71. The van der Waals surface area contributed by atoms with Gasteiger partial charge in [0, 0.05) is 46.6 Å². The van der Waals surface area contributed by atoms with Gasteiger partial charge in [-0.05, 0) is 25.8 Å². The predicted octanol–water partition coefficient (Wildman–Crippen LogP) is 1.75. The van der Waals surface area contributed by atoms with Gasteiger partial charge in [0.1, 0.15) is 5.82 Å². The van der Waals surface area contributed by atoms with E-state index in [0.29, 0.717) is 13.0 Å². The molecular weight excluding hydrogens is 292 g/mol. The van der Waals surface area contributed by atoms with E-state index in [1.165, 1.54) is 0 Å². The van der Waals surface area contributed by atoms with E-state index in [2.05, 4.69) is 21.4 Å². The van der Waals surface area contributed by atoms with Gasteiger partial charge in [-0.1, -0.05) is 6.92 Å². The average molecular weight is 322 g/mol. The lowest BCUT2D eigenvalue weighted by Crippen LogP contribution is -2.50. The number of nitrogens with zero attached hydrogens (tertiary/aromatic N) is 4. The summed E-state index contributed by atoms with van der Waals surface area (Å²) >= 11 is 0. The number of likely N-dealkylation sites (tertiary alicyclic amines) is 1. The van der Waals surface area contributed by atoms with E-state index in [-0.39, 0.29) is 11.4 Å². The fourth-order valence-corrected chi connectivity index (χ4v) is 3.47. The number of amides is 1. The summed E-state index contributed by atoms with van der Waals surface area (Å²) in [5.41, 5.74) is -0.209. The molecule has 0 bridgehead atoms. The second kappa shape index (κ2) is 7.93. The summed E-state index contributed by atoms with van der Waals surface area (Å²) in [6, 6.07) is 0. The number of methoxy groups -OCH3 is 1. The van der Waals surface area contributed by atoms with Gasteiger partial charge in [-0.2, -0.15) is 0 Å². The number of aryl methyl sites for hydroxylation is 1. The highest BCUT2D eigenvalue weighted by atomic mass is 16.5. The van der Waals surface area contributed by atoms with Crippen molar-refractivity contribution in [1.82, 2.24) is 19.4 Å². The Morgan fingerprint density at radius 2 is 2.26 bits per heavy atom. The number of hydrogen-bond donors (Lipinski definition) is 0. The van der Waals surface area contributed by atoms with E-state index < -0.39 is 0 Å². The van der Waals surface area contributed by atoms with Crippen LogP contribution >= 0.6 is 0 Å². The molecule has 2 heterocycles. The highest BCUT2D eigenvalue weighted by molar-refractivity contribution is 5.77. The minimum Gasteiger partial charge on any atom is -0.383 e. The van der Waals surface area contributed by atoms with E-state index in [9.17, 15) is 4.79 Å². The van der Waals surface area contributed by atoms with Crippen LogP contribution in [-0.4, -0.2) is 65.2 Å². The molecular formula is C17H30N4O2. The lowest BCUT2D eigenvalue weighted by molar-refractivity contribution is -0.132. The van der Waals surface area contributed by atoms with Gasteiger partial charge in [0.25, 0.3) is 0 Å². The first-order chi connectivity index (χ1) is 11.0. The van der Waals surface area contributed by atoms with Crippen molar-refractivity contribution in [2.24, 2.45) is 0 Å². The Hall–Kier alpha value is -1.40. The Labute approximate surface area is 139 Å². The van der Waals surface area contributed by atoms with Gasteiger partial charge in [-0.25, -0.2) is 4.98 Å². The molecule has 0 unspecified atom stereocenters. The molecule has 130 valence electrons. The third kappa shape index (κ3) is 4.12. The third-order valence-electron chi connectivity index (χ3n) is 4.73. The lowest BCUT2D eigenvalue weighted by atomic mass is 9.92. The summed E-state index contributed by atoms with van der Waals surface area (Å²) in [6.07, 6.45) is 7.59. The lowest BCUT2D eigenvalue weighted by Gasteiger charge is -2.38. The molecule has 6 heteroatoms. The van der Waals surface area contributed by atoms with Gasteiger partial charge in [-0.3, -0.25) is 9.69 Å². The molecule has 1 amide bonds. The molecule has 6 nitrogen and oxygen atoms in total. The van der Waals surface area contributed by atoms with Crippen molar-refractivity contribution in [1.29, 1.82) is 0 Å². The molecule has 1 saturated heterocycles. The van der Waals surface area contributed by atoms with Crippen molar-refractivity contribution in [3.05, 3.63) is 18.2 Å². The van der Waals surface area contributed by atoms with E-state index in [1.807, 2.05) is 26.5 Å². The molecule has 1 atom stereocenters. The Morgan fingerprint density at radius 3 is 2.91 bits per heavy atom. The van der Waals surface area contributed by atoms with Crippen molar-refractivity contribution >= 4 is 5.91 Å². The largest absolute Gasteiger partial charge is 0.383 e. The number of carbonyl (C=O) groups excluding carboxylic acids is 1. The standard InChI is InChI=1S/C17H30N4O2/c1-5-9-20-11-8-18-15(20)13-21-10-6-7-17(21,14-23-4)12-16(22)19(2)3/h8,11H,5-7,9-10,12-14H2,1-4H3/t17-/m1/s1. The Balaban J connectivity index is 2.17. The molecule has 0 aromatic carbocycles. The third-order valence-corrected chi connectivity index (χ3v) is 4.73. The van der Waals surface area contributed by atoms with Crippen LogP contribution in [0.15, 0.2) is 12.4 Å². The zero-order valence-corrected chi connectivity index (χ0v) is 14.9. The van der Waals surface area contributed by atoms with Crippen molar-refractivity contribution in [3.8, 4) is 0 Å². The normalized spacial score (nSPS) is 21.7. The van der Waals surface area contributed by atoms with Crippen molar-refractivity contribution in [2.75, 3.05) is 34.4 Å². The molecule has 23 heavy (non-hydrogen) atoms. The average Bonchev–Trinajstić information content (AvgIpc) is 3.09. The number of aromatic nitrogens is 2. The van der Waals surface area contributed by atoms with Gasteiger partial charge in [-0.15, -0.1) is 0 Å². The first kappa shape index (κ1) is 17.9. The van der Waals surface area contributed by atoms with Crippen LogP contribution in [0.2, 0.25) is 0 Å². The summed E-state index contributed by atoms with van der Waals surface area (Å²) in [5.74, 6) is 1.23. The molecule has 0 saturated carbocycles. The van der Waals surface area contributed by atoms with Crippen LogP contribution in [0, 0.1) is 0 Å². The second-order valence-corrected chi connectivity index (χ2v) is 6.68. The van der Waals surface area contributed by atoms with Crippen LogP contribution in [0.1, 0.15) is 38.4 Å². The van der Waals surface area contributed by atoms with E-state index in [4.69, 9.17) is 4.74 Å². The van der Waals surface area contributed by atoms with E-state index >= 15 is 0 Å². The van der Waals surface area contributed by atoms with Gasteiger partial charge in [0.2, 0.25) is 5.91 Å². The predicted molar refractivity (Wildman–Crippen MR) is 90.1 cm³/mol. The van der Waals surface area contributed by atoms with Gasteiger partial charge in [0.15, 0.2) is 0 Å². The second-order valence-electron chi connectivity index (χ2n) is 6.68. The fraction of sp³-hybridized carbons (Fsp3) is 0.765. The minimum absolute atomic E-state index is 0.158. The van der Waals surface area contributed by atoms with Gasteiger partial charge in [0.05, 0.1) is 18.7 Å². The van der Waals surface area contributed by atoms with Crippen LogP contribution in [0.5, 0.6) is 0 Å². The smallest absolute Gasteiger partial charge is 0.224 e. The maximum atomic E-state index is 12.3. The van der Waals surface area contributed by atoms with Crippen molar-refractivity contribution in [2.45, 2.75) is 51.2 Å². The minimum atomic E-state index is -0.209. The Kier molecular flexibility index (Phi) is 6.18. The maximum Gasteiger partial charge on any atom is 0.224 e. The molecule has 2 rings (SSSR count). The van der Waals surface area contributed by atoms with Crippen LogP contribution in [0.4, 0.5) is 0 Å². The zero-order valence-electron chi connectivity index (χ0n) is 14.9. The number of imidazole rings is 1. The van der Waals surface area contributed by atoms with E-state index in [0.717, 1.165) is 44.7 Å². The Bertz CT molecular complexity index is 514. The molecule has 1 aliphatic heterocycles. The summed E-state index contributed by atoms with van der Waals surface area (Å²) in [6.45, 7) is 5.50. The topological polar surface area (TPSA) is 50.6 Å².